The zero-order valence-electron chi connectivity index (χ0n) is 8.50. The van der Waals surface area contributed by atoms with Gasteiger partial charge in [0.1, 0.15) is 0 Å². The van der Waals surface area contributed by atoms with Gasteiger partial charge in [-0.15, -0.1) is 0 Å². The number of aliphatic carboxylic acids is 1. The van der Waals surface area contributed by atoms with E-state index < -0.39 is 17.0 Å². The van der Waals surface area contributed by atoms with E-state index in [9.17, 15) is 9.90 Å². The molecule has 2 atom stereocenters. The summed E-state index contributed by atoms with van der Waals surface area (Å²) < 4.78 is 0. The molecule has 0 radical (unpaired) electrons. The number of rotatable bonds is 2. The Balaban J connectivity index is 2.71. The molecule has 3 nitrogen and oxygen atoms in total. The second-order valence-electron chi connectivity index (χ2n) is 4.96. The first-order chi connectivity index (χ1) is 5.76. The largest absolute Gasteiger partial charge is 0.481 e. The fraction of sp³-hybridized carbons (Fsp3) is 0.900. The van der Waals surface area contributed by atoms with E-state index in [2.05, 4.69) is 0 Å². The molecule has 0 aliphatic heterocycles. The zero-order valence-corrected chi connectivity index (χ0v) is 8.50. The molecule has 3 heteroatoms. The second kappa shape index (κ2) is 2.98. The summed E-state index contributed by atoms with van der Waals surface area (Å²) in [6, 6.07) is 0. The molecule has 0 aromatic heterocycles. The van der Waals surface area contributed by atoms with Crippen LogP contribution >= 0.6 is 0 Å². The van der Waals surface area contributed by atoms with Crippen LogP contribution in [0.1, 0.15) is 40.0 Å². The van der Waals surface area contributed by atoms with Gasteiger partial charge in [0.25, 0.3) is 0 Å². The van der Waals surface area contributed by atoms with Gasteiger partial charge in [0.15, 0.2) is 0 Å². The minimum atomic E-state index is -0.768. The quantitative estimate of drug-likeness (QED) is 0.689. The monoisotopic (exact) mass is 186 g/mol. The lowest BCUT2D eigenvalue weighted by Crippen LogP contribution is -2.33. The van der Waals surface area contributed by atoms with Gasteiger partial charge in [-0.2, -0.15) is 0 Å². The molecule has 1 aliphatic rings. The molecule has 76 valence electrons. The molecule has 1 saturated carbocycles. The van der Waals surface area contributed by atoms with Crippen molar-refractivity contribution in [2.45, 2.75) is 45.6 Å². The summed E-state index contributed by atoms with van der Waals surface area (Å²) in [5.41, 5.74) is -1.36. The zero-order chi connectivity index (χ0) is 10.3. The van der Waals surface area contributed by atoms with Crippen LogP contribution in [0.3, 0.4) is 0 Å². The Morgan fingerprint density at radius 3 is 2.38 bits per heavy atom. The van der Waals surface area contributed by atoms with Gasteiger partial charge in [-0.3, -0.25) is 4.79 Å². The van der Waals surface area contributed by atoms with Crippen molar-refractivity contribution < 1.29 is 15.0 Å². The van der Waals surface area contributed by atoms with Crippen LogP contribution in [-0.2, 0) is 4.79 Å². The van der Waals surface area contributed by atoms with E-state index in [4.69, 9.17) is 5.11 Å². The highest BCUT2D eigenvalue weighted by Gasteiger charge is 2.44. The van der Waals surface area contributed by atoms with Crippen molar-refractivity contribution in [3.8, 4) is 0 Å². The normalized spacial score (nSPS) is 34.9. The van der Waals surface area contributed by atoms with Crippen molar-refractivity contribution in [2.24, 2.45) is 11.3 Å². The molecule has 1 fully saturated rings. The summed E-state index contributed by atoms with van der Waals surface area (Å²) in [7, 11) is 0. The summed E-state index contributed by atoms with van der Waals surface area (Å²) in [4.78, 5) is 10.9. The summed E-state index contributed by atoms with van der Waals surface area (Å²) in [6.45, 7) is 5.26. The van der Waals surface area contributed by atoms with E-state index >= 15 is 0 Å². The molecule has 13 heavy (non-hydrogen) atoms. The molecule has 0 aromatic rings. The molecule has 2 N–H and O–H groups in total. The van der Waals surface area contributed by atoms with Crippen LogP contribution in [0, 0.1) is 11.3 Å². The van der Waals surface area contributed by atoms with Crippen molar-refractivity contribution in [1.82, 2.24) is 0 Å². The average molecular weight is 186 g/mol. The highest BCUT2D eigenvalue weighted by atomic mass is 16.4. The van der Waals surface area contributed by atoms with Crippen LogP contribution in [0.4, 0.5) is 0 Å². The van der Waals surface area contributed by atoms with E-state index in [1.165, 1.54) is 0 Å². The third-order valence-corrected chi connectivity index (χ3v) is 3.29. The van der Waals surface area contributed by atoms with Gasteiger partial charge in [-0.1, -0.05) is 0 Å². The molecule has 0 saturated heterocycles. The third-order valence-electron chi connectivity index (χ3n) is 3.29. The Morgan fingerprint density at radius 2 is 2.08 bits per heavy atom. The number of carboxylic acids is 1. The average Bonchev–Trinajstić information content (AvgIpc) is 2.30. The van der Waals surface area contributed by atoms with Crippen molar-refractivity contribution in [2.75, 3.05) is 0 Å². The predicted octanol–water partition coefficient (Wildman–Crippen LogP) is 1.65. The molecular formula is C10H18O3. The lowest BCUT2D eigenvalue weighted by Gasteiger charge is -2.27. The summed E-state index contributed by atoms with van der Waals surface area (Å²) >= 11 is 0. The minimum Gasteiger partial charge on any atom is -0.481 e. The highest BCUT2D eigenvalue weighted by molar-refractivity contribution is 5.74. The van der Waals surface area contributed by atoms with Gasteiger partial charge in [0.05, 0.1) is 11.0 Å². The van der Waals surface area contributed by atoms with Gasteiger partial charge >= 0.3 is 5.97 Å². The lowest BCUT2D eigenvalue weighted by molar-refractivity contribution is -0.150. The topological polar surface area (TPSA) is 57.5 Å². The molecule has 2 unspecified atom stereocenters. The van der Waals surface area contributed by atoms with Crippen molar-refractivity contribution in [1.29, 1.82) is 0 Å². The van der Waals surface area contributed by atoms with Gasteiger partial charge < -0.3 is 10.2 Å². The summed E-state index contributed by atoms with van der Waals surface area (Å²) in [5, 5.41) is 18.7. The Bertz CT molecular complexity index is 218. The maximum atomic E-state index is 10.9. The van der Waals surface area contributed by atoms with Crippen molar-refractivity contribution in [3.63, 3.8) is 0 Å². The molecule has 0 amide bonds. The number of hydrogen-bond donors (Lipinski definition) is 2. The summed E-state index contributed by atoms with van der Waals surface area (Å²) in [5.74, 6) is -0.671. The van der Waals surface area contributed by atoms with Crippen molar-refractivity contribution >= 4 is 5.97 Å². The van der Waals surface area contributed by atoms with Crippen molar-refractivity contribution in [3.05, 3.63) is 0 Å². The Morgan fingerprint density at radius 1 is 1.54 bits per heavy atom. The number of aliphatic hydroxyl groups is 1. The van der Waals surface area contributed by atoms with Crippen LogP contribution in [0.5, 0.6) is 0 Å². The van der Waals surface area contributed by atoms with Crippen LogP contribution in [-0.4, -0.2) is 21.8 Å². The molecule has 0 spiro atoms. The first-order valence-electron chi connectivity index (χ1n) is 4.71. The smallest absolute Gasteiger partial charge is 0.309 e. The highest BCUT2D eigenvalue weighted by Crippen LogP contribution is 2.44. The maximum absolute atomic E-state index is 10.9. The van der Waals surface area contributed by atoms with Crippen LogP contribution < -0.4 is 0 Å². The van der Waals surface area contributed by atoms with E-state index in [1.54, 1.807) is 20.8 Å². The first-order valence-corrected chi connectivity index (χ1v) is 4.71. The molecule has 0 aromatic carbocycles. The third kappa shape index (κ3) is 2.02. The van der Waals surface area contributed by atoms with Crippen LogP contribution in [0.2, 0.25) is 0 Å². The fourth-order valence-corrected chi connectivity index (χ4v) is 2.01. The molecule has 0 heterocycles. The number of carbonyl (C=O) groups is 1. The lowest BCUT2D eigenvalue weighted by atomic mass is 9.77. The second-order valence-corrected chi connectivity index (χ2v) is 4.96. The first kappa shape index (κ1) is 10.5. The Hall–Kier alpha value is -0.570. The van der Waals surface area contributed by atoms with Gasteiger partial charge in [-0.05, 0) is 46.0 Å². The van der Waals surface area contributed by atoms with Crippen LogP contribution in [0.25, 0.3) is 0 Å². The van der Waals surface area contributed by atoms with Gasteiger partial charge in [0, 0.05) is 0 Å². The Kier molecular flexibility index (Phi) is 2.41. The Labute approximate surface area is 78.8 Å². The van der Waals surface area contributed by atoms with Gasteiger partial charge in [0.2, 0.25) is 0 Å². The van der Waals surface area contributed by atoms with Gasteiger partial charge in [-0.25, -0.2) is 0 Å². The SMILES string of the molecule is CC1(O)CCC(C(C)(C)C(=O)O)C1. The number of carboxylic acid groups (broad SMARTS) is 1. The van der Waals surface area contributed by atoms with E-state index in [0.29, 0.717) is 12.8 Å². The van der Waals surface area contributed by atoms with E-state index in [1.807, 2.05) is 0 Å². The standard InChI is InChI=1S/C10H18O3/c1-9(2,8(11)12)7-4-5-10(3,13)6-7/h7,13H,4-6H2,1-3H3,(H,11,12). The maximum Gasteiger partial charge on any atom is 0.309 e. The van der Waals surface area contributed by atoms with E-state index in [0.717, 1.165) is 6.42 Å². The molecule has 0 bridgehead atoms. The van der Waals surface area contributed by atoms with Crippen LogP contribution in [0.15, 0.2) is 0 Å². The fourth-order valence-electron chi connectivity index (χ4n) is 2.01. The van der Waals surface area contributed by atoms with E-state index in [-0.39, 0.29) is 5.92 Å². The molecule has 1 aliphatic carbocycles. The molecule has 1 rings (SSSR count). The predicted molar refractivity (Wildman–Crippen MR) is 49.4 cm³/mol. The number of hydrogen-bond acceptors (Lipinski definition) is 2. The molecular weight excluding hydrogens is 168 g/mol. The summed E-state index contributed by atoms with van der Waals surface area (Å²) in [6.07, 6.45) is 2.13. The minimum absolute atomic E-state index is 0.0972.